The highest BCUT2D eigenvalue weighted by atomic mass is 16.5. The van der Waals surface area contributed by atoms with Crippen molar-refractivity contribution in [3.05, 3.63) is 29.6 Å². The van der Waals surface area contributed by atoms with Crippen molar-refractivity contribution in [2.24, 2.45) is 5.73 Å². The summed E-state index contributed by atoms with van der Waals surface area (Å²) >= 11 is 0. The van der Waals surface area contributed by atoms with Crippen LogP contribution in [0.3, 0.4) is 0 Å². The maximum absolute atomic E-state index is 11.2. The van der Waals surface area contributed by atoms with Gasteiger partial charge in [0.25, 0.3) is 0 Å². The van der Waals surface area contributed by atoms with Crippen LogP contribution in [-0.4, -0.2) is 36.1 Å². The van der Waals surface area contributed by atoms with Crippen molar-refractivity contribution in [1.82, 2.24) is 9.88 Å². The lowest BCUT2D eigenvalue weighted by Gasteiger charge is -2.16. The van der Waals surface area contributed by atoms with Crippen LogP contribution in [-0.2, 0) is 22.6 Å². The average molecular weight is 251 g/mol. The fourth-order valence-electron chi connectivity index (χ4n) is 1.64. The van der Waals surface area contributed by atoms with Crippen molar-refractivity contribution in [3.63, 3.8) is 0 Å². The van der Waals surface area contributed by atoms with Gasteiger partial charge in [-0.05, 0) is 31.7 Å². The zero-order valence-corrected chi connectivity index (χ0v) is 11.1. The summed E-state index contributed by atoms with van der Waals surface area (Å²) in [4.78, 5) is 17.4. The second kappa shape index (κ2) is 7.79. The maximum Gasteiger partial charge on any atom is 0.307 e. The number of ether oxygens (including phenoxy) is 1. The number of aromatic nitrogens is 1. The fourth-order valence-corrected chi connectivity index (χ4v) is 1.64. The smallest absolute Gasteiger partial charge is 0.307 e. The standard InChI is InChI=1S/C13H21N3O2/c1-3-18-13(17)5-7-16(2)10-11-4-6-15-12(8-11)9-14/h4,6,8H,3,5,7,9-10,14H2,1-2H3. The van der Waals surface area contributed by atoms with Gasteiger partial charge in [0.2, 0.25) is 0 Å². The number of nitrogens with zero attached hydrogens (tertiary/aromatic N) is 2. The van der Waals surface area contributed by atoms with Crippen molar-refractivity contribution in [2.45, 2.75) is 26.4 Å². The highest BCUT2D eigenvalue weighted by molar-refractivity contribution is 5.69. The van der Waals surface area contributed by atoms with Gasteiger partial charge >= 0.3 is 5.97 Å². The van der Waals surface area contributed by atoms with E-state index >= 15 is 0 Å². The number of carbonyl (C=O) groups is 1. The molecule has 1 heterocycles. The van der Waals surface area contributed by atoms with E-state index in [2.05, 4.69) is 9.88 Å². The van der Waals surface area contributed by atoms with E-state index in [1.165, 1.54) is 0 Å². The van der Waals surface area contributed by atoms with Crippen LogP contribution in [0.25, 0.3) is 0 Å². The number of hydrogen-bond donors (Lipinski definition) is 1. The van der Waals surface area contributed by atoms with E-state index in [-0.39, 0.29) is 5.97 Å². The van der Waals surface area contributed by atoms with Crippen LogP contribution in [0.1, 0.15) is 24.6 Å². The number of esters is 1. The first-order valence-corrected chi connectivity index (χ1v) is 6.13. The van der Waals surface area contributed by atoms with Gasteiger partial charge in [0.05, 0.1) is 18.7 Å². The van der Waals surface area contributed by atoms with Gasteiger partial charge < -0.3 is 15.4 Å². The summed E-state index contributed by atoms with van der Waals surface area (Å²) in [5, 5.41) is 0. The summed E-state index contributed by atoms with van der Waals surface area (Å²) in [6, 6.07) is 3.95. The Hall–Kier alpha value is -1.46. The Morgan fingerprint density at radius 3 is 3.00 bits per heavy atom. The number of carbonyl (C=O) groups excluding carboxylic acids is 1. The second-order valence-corrected chi connectivity index (χ2v) is 4.15. The minimum absolute atomic E-state index is 0.151. The largest absolute Gasteiger partial charge is 0.466 e. The lowest BCUT2D eigenvalue weighted by Crippen LogP contribution is -2.22. The lowest BCUT2D eigenvalue weighted by atomic mass is 10.2. The van der Waals surface area contributed by atoms with E-state index in [1.807, 2.05) is 26.1 Å². The molecule has 0 aliphatic carbocycles. The minimum atomic E-state index is -0.151. The molecule has 5 heteroatoms. The Kier molecular flexibility index (Phi) is 6.32. The van der Waals surface area contributed by atoms with Crippen LogP contribution < -0.4 is 5.73 Å². The first kappa shape index (κ1) is 14.6. The Morgan fingerprint density at radius 2 is 2.33 bits per heavy atom. The van der Waals surface area contributed by atoms with Crippen LogP contribution in [0.5, 0.6) is 0 Å². The van der Waals surface area contributed by atoms with Gasteiger partial charge in [-0.1, -0.05) is 0 Å². The summed E-state index contributed by atoms with van der Waals surface area (Å²) in [6.07, 6.45) is 2.18. The second-order valence-electron chi connectivity index (χ2n) is 4.15. The normalized spacial score (nSPS) is 10.7. The van der Waals surface area contributed by atoms with E-state index in [4.69, 9.17) is 10.5 Å². The first-order valence-electron chi connectivity index (χ1n) is 6.13. The van der Waals surface area contributed by atoms with Gasteiger partial charge in [0.1, 0.15) is 0 Å². The molecule has 0 spiro atoms. The molecule has 0 aliphatic rings. The maximum atomic E-state index is 11.2. The average Bonchev–Trinajstić information content (AvgIpc) is 2.37. The Labute approximate surface area is 108 Å². The zero-order valence-electron chi connectivity index (χ0n) is 11.1. The third kappa shape index (κ3) is 5.25. The van der Waals surface area contributed by atoms with Crippen molar-refractivity contribution in [2.75, 3.05) is 20.2 Å². The van der Waals surface area contributed by atoms with Crippen LogP contribution in [0.4, 0.5) is 0 Å². The molecule has 100 valence electrons. The highest BCUT2D eigenvalue weighted by Crippen LogP contribution is 2.05. The van der Waals surface area contributed by atoms with Crippen LogP contribution >= 0.6 is 0 Å². The molecule has 1 aromatic rings. The predicted molar refractivity (Wildman–Crippen MR) is 69.7 cm³/mol. The van der Waals surface area contributed by atoms with Gasteiger partial charge in [-0.3, -0.25) is 9.78 Å². The topological polar surface area (TPSA) is 68.5 Å². The quantitative estimate of drug-likeness (QED) is 0.730. The molecule has 0 aromatic carbocycles. The minimum Gasteiger partial charge on any atom is -0.466 e. The number of pyridine rings is 1. The molecule has 1 rings (SSSR count). The molecule has 18 heavy (non-hydrogen) atoms. The molecule has 0 fully saturated rings. The van der Waals surface area contributed by atoms with Crippen molar-refractivity contribution < 1.29 is 9.53 Å². The summed E-state index contributed by atoms with van der Waals surface area (Å²) in [7, 11) is 1.97. The van der Waals surface area contributed by atoms with Gasteiger partial charge in [0.15, 0.2) is 0 Å². The zero-order chi connectivity index (χ0) is 13.4. The van der Waals surface area contributed by atoms with Crippen LogP contribution in [0.2, 0.25) is 0 Å². The van der Waals surface area contributed by atoms with Crippen molar-refractivity contribution in [3.8, 4) is 0 Å². The molecule has 0 saturated carbocycles. The molecule has 0 atom stereocenters. The Bertz CT molecular complexity index is 382. The first-order chi connectivity index (χ1) is 8.65. The predicted octanol–water partition coefficient (Wildman–Crippen LogP) is 0.925. The van der Waals surface area contributed by atoms with Crippen LogP contribution in [0, 0.1) is 0 Å². The third-order valence-corrected chi connectivity index (χ3v) is 2.55. The molecule has 0 bridgehead atoms. The van der Waals surface area contributed by atoms with Gasteiger partial charge in [0, 0.05) is 25.8 Å². The van der Waals surface area contributed by atoms with Gasteiger partial charge in [-0.2, -0.15) is 0 Å². The molecule has 0 aliphatic heterocycles. The van der Waals surface area contributed by atoms with E-state index < -0.39 is 0 Å². The lowest BCUT2D eigenvalue weighted by molar-refractivity contribution is -0.143. The monoisotopic (exact) mass is 251 g/mol. The molecule has 0 radical (unpaired) electrons. The summed E-state index contributed by atoms with van der Waals surface area (Å²) < 4.78 is 4.89. The molecule has 0 unspecified atom stereocenters. The fraction of sp³-hybridized carbons (Fsp3) is 0.538. The SMILES string of the molecule is CCOC(=O)CCN(C)Cc1ccnc(CN)c1. The van der Waals surface area contributed by atoms with Gasteiger partial charge in [-0.15, -0.1) is 0 Å². The number of rotatable bonds is 7. The summed E-state index contributed by atoms with van der Waals surface area (Å²) in [5.74, 6) is -0.151. The van der Waals surface area contributed by atoms with Crippen molar-refractivity contribution in [1.29, 1.82) is 0 Å². The third-order valence-electron chi connectivity index (χ3n) is 2.55. The Morgan fingerprint density at radius 1 is 1.56 bits per heavy atom. The molecule has 5 nitrogen and oxygen atoms in total. The van der Waals surface area contributed by atoms with E-state index in [9.17, 15) is 4.79 Å². The van der Waals surface area contributed by atoms with Crippen LogP contribution in [0.15, 0.2) is 18.3 Å². The summed E-state index contributed by atoms with van der Waals surface area (Å²) in [5.41, 5.74) is 7.57. The Balaban J connectivity index is 2.39. The van der Waals surface area contributed by atoms with E-state index in [0.717, 1.165) is 17.8 Å². The van der Waals surface area contributed by atoms with E-state index in [0.29, 0.717) is 26.1 Å². The van der Waals surface area contributed by atoms with Crippen molar-refractivity contribution >= 4 is 5.97 Å². The van der Waals surface area contributed by atoms with E-state index in [1.54, 1.807) is 6.20 Å². The number of nitrogens with two attached hydrogens (primary N) is 1. The van der Waals surface area contributed by atoms with Gasteiger partial charge in [-0.25, -0.2) is 0 Å². The molecular weight excluding hydrogens is 230 g/mol. The molecule has 1 aromatic heterocycles. The summed E-state index contributed by atoms with van der Waals surface area (Å²) in [6.45, 7) is 4.15. The number of hydrogen-bond acceptors (Lipinski definition) is 5. The molecule has 0 amide bonds. The molecular formula is C13H21N3O2. The highest BCUT2D eigenvalue weighted by Gasteiger charge is 2.06. The molecule has 2 N–H and O–H groups in total. The molecule has 0 saturated heterocycles.